The van der Waals surface area contributed by atoms with E-state index in [9.17, 15) is 4.79 Å². The molecule has 23 heavy (non-hydrogen) atoms. The van der Waals surface area contributed by atoms with Crippen LogP contribution in [0.4, 0.5) is 0 Å². The van der Waals surface area contributed by atoms with Gasteiger partial charge in [0.05, 0.1) is 19.3 Å². The minimum Gasteiger partial charge on any atom is -0.379 e. The molecule has 1 saturated carbocycles. The average molecular weight is 325 g/mol. The Morgan fingerprint density at radius 2 is 2.04 bits per heavy atom. The van der Waals surface area contributed by atoms with Gasteiger partial charge in [0.15, 0.2) is 0 Å². The van der Waals surface area contributed by atoms with E-state index >= 15 is 0 Å². The van der Waals surface area contributed by atoms with Gasteiger partial charge in [0.2, 0.25) is 5.91 Å². The van der Waals surface area contributed by atoms with Gasteiger partial charge in [0.1, 0.15) is 5.54 Å². The molecule has 3 aliphatic rings. The van der Waals surface area contributed by atoms with Crippen LogP contribution in [0.25, 0.3) is 0 Å². The quantitative estimate of drug-likeness (QED) is 0.780. The van der Waals surface area contributed by atoms with Crippen LogP contribution in [0.2, 0.25) is 0 Å². The first-order chi connectivity index (χ1) is 10.9. The van der Waals surface area contributed by atoms with Crippen LogP contribution in [-0.4, -0.2) is 67.9 Å². The summed E-state index contributed by atoms with van der Waals surface area (Å²) in [4.78, 5) is 15.3. The Kier molecular flexibility index (Phi) is 4.71. The van der Waals surface area contributed by atoms with Gasteiger partial charge in [-0.05, 0) is 19.8 Å². The normalized spacial score (nSPS) is 38.3. The molecule has 6 nitrogen and oxygen atoms in total. The van der Waals surface area contributed by atoms with Crippen molar-refractivity contribution in [1.82, 2.24) is 10.2 Å². The summed E-state index contributed by atoms with van der Waals surface area (Å²) in [5.41, 5.74) is 5.49. The van der Waals surface area contributed by atoms with Crippen molar-refractivity contribution in [2.45, 2.75) is 51.3 Å². The van der Waals surface area contributed by atoms with E-state index in [-0.39, 0.29) is 29.4 Å². The molecule has 6 heteroatoms. The number of hydrogen-bond acceptors (Lipinski definition) is 5. The lowest BCUT2D eigenvalue weighted by atomic mass is 9.46. The van der Waals surface area contributed by atoms with E-state index in [4.69, 9.17) is 15.2 Å². The predicted octanol–water partition coefficient (Wildman–Crippen LogP) is 0.356. The molecule has 0 spiro atoms. The number of carbonyl (C=O) groups is 1. The third kappa shape index (κ3) is 2.80. The second kappa shape index (κ2) is 6.31. The molecule has 0 aromatic rings. The highest BCUT2D eigenvalue weighted by atomic mass is 16.5. The Morgan fingerprint density at radius 3 is 2.74 bits per heavy atom. The van der Waals surface area contributed by atoms with E-state index in [1.807, 2.05) is 0 Å². The maximum absolute atomic E-state index is 12.9. The summed E-state index contributed by atoms with van der Waals surface area (Å²) >= 11 is 0. The fourth-order valence-corrected chi connectivity index (χ4v) is 4.60. The van der Waals surface area contributed by atoms with Crippen LogP contribution in [0.3, 0.4) is 0 Å². The Bertz CT molecular complexity index is 450. The molecular weight excluding hydrogens is 294 g/mol. The number of amides is 1. The van der Waals surface area contributed by atoms with Crippen molar-refractivity contribution in [1.29, 1.82) is 0 Å². The molecule has 0 radical (unpaired) electrons. The first-order valence-electron chi connectivity index (χ1n) is 8.89. The van der Waals surface area contributed by atoms with Crippen molar-refractivity contribution in [2.75, 3.05) is 39.5 Å². The molecule has 1 amide bonds. The number of nitrogens with two attached hydrogens (primary N) is 1. The van der Waals surface area contributed by atoms with Crippen LogP contribution < -0.4 is 11.1 Å². The van der Waals surface area contributed by atoms with Gasteiger partial charge in [-0.25, -0.2) is 0 Å². The minimum atomic E-state index is -0.822. The molecule has 2 aliphatic heterocycles. The van der Waals surface area contributed by atoms with Gasteiger partial charge < -0.3 is 20.5 Å². The SMILES string of the molecule is CC(CN1CCOCC1)NC(=O)C1(N)C2CCCOC2C1(C)C. The highest BCUT2D eigenvalue weighted by Gasteiger charge is 2.70. The lowest BCUT2D eigenvalue weighted by Crippen LogP contribution is -2.82. The monoisotopic (exact) mass is 325 g/mol. The number of morpholine rings is 1. The van der Waals surface area contributed by atoms with Crippen LogP contribution in [0, 0.1) is 11.3 Å². The number of rotatable bonds is 4. The molecule has 4 unspecified atom stereocenters. The summed E-state index contributed by atoms with van der Waals surface area (Å²) < 4.78 is 11.2. The third-order valence-electron chi connectivity index (χ3n) is 6.07. The molecule has 3 N–H and O–H groups in total. The number of nitrogens with zero attached hydrogens (tertiary/aromatic N) is 1. The van der Waals surface area contributed by atoms with Crippen LogP contribution in [-0.2, 0) is 14.3 Å². The highest BCUT2D eigenvalue weighted by Crippen LogP contribution is 2.57. The smallest absolute Gasteiger partial charge is 0.241 e. The van der Waals surface area contributed by atoms with Gasteiger partial charge in [-0.2, -0.15) is 0 Å². The van der Waals surface area contributed by atoms with E-state index in [0.29, 0.717) is 0 Å². The summed E-state index contributed by atoms with van der Waals surface area (Å²) in [6, 6.07) is 0.0837. The summed E-state index contributed by atoms with van der Waals surface area (Å²) in [6.07, 6.45) is 2.09. The zero-order chi connectivity index (χ0) is 16.7. The van der Waals surface area contributed by atoms with Crippen LogP contribution in [0.1, 0.15) is 33.6 Å². The molecule has 0 bridgehead atoms. The number of carbonyl (C=O) groups excluding carboxylic acids is 1. The molecular formula is C17H31N3O3. The van der Waals surface area contributed by atoms with E-state index in [1.54, 1.807) is 0 Å². The Labute approximate surface area is 139 Å². The van der Waals surface area contributed by atoms with Crippen LogP contribution in [0.15, 0.2) is 0 Å². The standard InChI is InChI=1S/C17H31N3O3/c1-12(11-20-6-9-22-10-7-20)19-15(21)17(18)13-5-4-8-23-14(13)16(17,2)3/h12-14H,4-11,18H2,1-3H3,(H,19,21). The Balaban J connectivity index is 1.60. The molecule has 4 atom stereocenters. The zero-order valence-electron chi connectivity index (χ0n) is 14.6. The van der Waals surface area contributed by atoms with Crippen molar-refractivity contribution >= 4 is 5.91 Å². The fourth-order valence-electron chi connectivity index (χ4n) is 4.60. The first-order valence-corrected chi connectivity index (χ1v) is 8.89. The molecule has 0 aromatic carbocycles. The van der Waals surface area contributed by atoms with Gasteiger partial charge >= 0.3 is 0 Å². The minimum absolute atomic E-state index is 0.0185. The second-order valence-corrected chi connectivity index (χ2v) is 7.92. The van der Waals surface area contributed by atoms with Crippen molar-refractivity contribution in [3.05, 3.63) is 0 Å². The molecule has 3 rings (SSSR count). The van der Waals surface area contributed by atoms with Crippen molar-refractivity contribution < 1.29 is 14.3 Å². The van der Waals surface area contributed by atoms with E-state index in [2.05, 4.69) is 31.0 Å². The summed E-state index contributed by atoms with van der Waals surface area (Å²) in [5.74, 6) is 0.122. The van der Waals surface area contributed by atoms with Gasteiger partial charge in [0, 0.05) is 43.6 Å². The van der Waals surface area contributed by atoms with Crippen LogP contribution in [0.5, 0.6) is 0 Å². The predicted molar refractivity (Wildman–Crippen MR) is 88.0 cm³/mol. The molecule has 132 valence electrons. The topological polar surface area (TPSA) is 76.8 Å². The van der Waals surface area contributed by atoms with Gasteiger partial charge in [-0.15, -0.1) is 0 Å². The van der Waals surface area contributed by atoms with Crippen molar-refractivity contribution in [3.8, 4) is 0 Å². The fraction of sp³-hybridized carbons (Fsp3) is 0.941. The summed E-state index contributed by atoms with van der Waals surface area (Å²) in [7, 11) is 0. The molecule has 2 heterocycles. The third-order valence-corrected chi connectivity index (χ3v) is 6.07. The number of hydrogen-bond donors (Lipinski definition) is 2. The van der Waals surface area contributed by atoms with Gasteiger partial charge in [-0.1, -0.05) is 13.8 Å². The number of nitrogens with one attached hydrogen (secondary N) is 1. The average Bonchev–Trinajstić information content (AvgIpc) is 2.54. The number of ether oxygens (including phenoxy) is 2. The summed E-state index contributed by atoms with van der Waals surface area (Å²) in [5, 5.41) is 3.16. The number of fused-ring (bicyclic) bond motifs is 1. The second-order valence-electron chi connectivity index (χ2n) is 7.92. The molecule has 2 saturated heterocycles. The van der Waals surface area contributed by atoms with E-state index in [0.717, 1.165) is 52.3 Å². The lowest BCUT2D eigenvalue weighted by molar-refractivity contribution is -0.225. The zero-order valence-corrected chi connectivity index (χ0v) is 14.6. The van der Waals surface area contributed by atoms with Gasteiger partial charge in [-0.3, -0.25) is 9.69 Å². The molecule has 0 aromatic heterocycles. The Hall–Kier alpha value is -0.690. The highest BCUT2D eigenvalue weighted by molar-refractivity contribution is 5.89. The van der Waals surface area contributed by atoms with E-state index < -0.39 is 5.54 Å². The van der Waals surface area contributed by atoms with Gasteiger partial charge in [0.25, 0.3) is 0 Å². The summed E-state index contributed by atoms with van der Waals surface area (Å²) in [6.45, 7) is 11.2. The van der Waals surface area contributed by atoms with Crippen molar-refractivity contribution in [2.24, 2.45) is 17.1 Å². The maximum Gasteiger partial charge on any atom is 0.241 e. The Morgan fingerprint density at radius 1 is 1.35 bits per heavy atom. The van der Waals surface area contributed by atoms with Crippen LogP contribution >= 0.6 is 0 Å². The van der Waals surface area contributed by atoms with E-state index in [1.165, 1.54) is 0 Å². The molecule has 1 aliphatic carbocycles. The largest absolute Gasteiger partial charge is 0.379 e. The van der Waals surface area contributed by atoms with Crippen molar-refractivity contribution in [3.63, 3.8) is 0 Å². The first kappa shape index (κ1) is 17.1. The molecule has 3 fully saturated rings. The maximum atomic E-state index is 12.9. The lowest BCUT2D eigenvalue weighted by Gasteiger charge is -2.65.